The molecule has 0 saturated carbocycles. The number of aryl methyl sites for hydroxylation is 1. The van der Waals surface area contributed by atoms with Crippen molar-refractivity contribution >= 4 is 45.2 Å². The Morgan fingerprint density at radius 1 is 1.40 bits per heavy atom. The van der Waals surface area contributed by atoms with Gasteiger partial charge in [-0.2, -0.15) is 0 Å². The zero-order valence-corrected chi connectivity index (χ0v) is 14.0. The third kappa shape index (κ3) is 2.56. The molecule has 1 aromatic carbocycles. The van der Waals surface area contributed by atoms with Crippen molar-refractivity contribution < 1.29 is 4.52 Å². The van der Waals surface area contributed by atoms with Crippen molar-refractivity contribution in [3.8, 4) is 0 Å². The highest BCUT2D eigenvalue weighted by molar-refractivity contribution is 14.1. The van der Waals surface area contributed by atoms with E-state index in [9.17, 15) is 0 Å². The third-order valence-electron chi connectivity index (χ3n) is 3.09. The summed E-state index contributed by atoms with van der Waals surface area (Å²) in [5.74, 6) is 1.65. The van der Waals surface area contributed by atoms with Crippen molar-refractivity contribution in [1.82, 2.24) is 14.7 Å². The SMILES string of the molecule is Cc1cc(Cn2c(C(C)Cl)nc3cc(I)ccc32)on1. The number of benzene rings is 1. The maximum atomic E-state index is 6.26. The highest BCUT2D eigenvalue weighted by atomic mass is 127. The van der Waals surface area contributed by atoms with Gasteiger partial charge in [-0.1, -0.05) is 5.16 Å². The largest absolute Gasteiger partial charge is 0.359 e. The van der Waals surface area contributed by atoms with E-state index in [0.29, 0.717) is 6.54 Å². The van der Waals surface area contributed by atoms with Gasteiger partial charge in [0.1, 0.15) is 5.82 Å². The molecule has 3 aromatic rings. The van der Waals surface area contributed by atoms with Gasteiger partial charge in [0.15, 0.2) is 5.76 Å². The van der Waals surface area contributed by atoms with E-state index in [1.807, 2.05) is 19.9 Å². The zero-order chi connectivity index (χ0) is 14.3. The van der Waals surface area contributed by atoms with Crippen molar-refractivity contribution in [2.24, 2.45) is 0 Å². The molecule has 4 nitrogen and oxygen atoms in total. The molecular weight excluding hydrogens is 389 g/mol. The van der Waals surface area contributed by atoms with Crippen molar-refractivity contribution in [2.45, 2.75) is 25.8 Å². The topological polar surface area (TPSA) is 43.9 Å². The monoisotopic (exact) mass is 401 g/mol. The van der Waals surface area contributed by atoms with E-state index in [1.165, 1.54) is 0 Å². The molecule has 1 unspecified atom stereocenters. The molecule has 2 aromatic heterocycles. The first-order chi connectivity index (χ1) is 9.54. The first kappa shape index (κ1) is 13.9. The molecule has 3 rings (SSSR count). The van der Waals surface area contributed by atoms with Crippen LogP contribution in [-0.2, 0) is 6.54 Å². The molecule has 104 valence electrons. The van der Waals surface area contributed by atoms with E-state index in [2.05, 4.69) is 55.5 Å². The summed E-state index contributed by atoms with van der Waals surface area (Å²) in [7, 11) is 0. The summed E-state index contributed by atoms with van der Waals surface area (Å²) in [4.78, 5) is 4.64. The molecule has 0 N–H and O–H groups in total. The summed E-state index contributed by atoms with van der Waals surface area (Å²) in [6.45, 7) is 4.42. The van der Waals surface area contributed by atoms with Gasteiger partial charge in [-0.15, -0.1) is 11.6 Å². The lowest BCUT2D eigenvalue weighted by molar-refractivity contribution is 0.372. The van der Waals surface area contributed by atoms with Gasteiger partial charge in [-0.3, -0.25) is 0 Å². The molecule has 0 aliphatic heterocycles. The fourth-order valence-corrected chi connectivity index (χ4v) is 2.88. The van der Waals surface area contributed by atoms with Crippen LogP contribution in [0.5, 0.6) is 0 Å². The van der Waals surface area contributed by atoms with Crippen LogP contribution in [0.25, 0.3) is 11.0 Å². The number of nitrogens with zero attached hydrogens (tertiary/aromatic N) is 3. The average molecular weight is 402 g/mol. The fraction of sp³-hybridized carbons (Fsp3) is 0.286. The Kier molecular flexibility index (Phi) is 3.72. The molecule has 20 heavy (non-hydrogen) atoms. The Balaban J connectivity index is 2.13. The molecule has 0 saturated heterocycles. The van der Waals surface area contributed by atoms with Crippen molar-refractivity contribution in [3.05, 3.63) is 45.1 Å². The molecule has 6 heteroatoms. The van der Waals surface area contributed by atoms with Crippen molar-refractivity contribution in [1.29, 1.82) is 0 Å². The normalized spacial score (nSPS) is 13.0. The lowest BCUT2D eigenvalue weighted by Crippen LogP contribution is -2.05. The Labute approximate surface area is 135 Å². The van der Waals surface area contributed by atoms with Gasteiger partial charge < -0.3 is 9.09 Å². The molecule has 0 aliphatic rings. The average Bonchev–Trinajstić information content (AvgIpc) is 2.94. The predicted octanol–water partition coefficient (Wildman–Crippen LogP) is 4.29. The molecule has 2 heterocycles. The number of hydrogen-bond donors (Lipinski definition) is 0. The van der Waals surface area contributed by atoms with Gasteiger partial charge in [-0.05, 0) is 54.6 Å². The van der Waals surface area contributed by atoms with Gasteiger partial charge >= 0.3 is 0 Å². The summed E-state index contributed by atoms with van der Waals surface area (Å²) < 4.78 is 8.54. The Bertz CT molecular complexity index is 763. The number of hydrogen-bond acceptors (Lipinski definition) is 3. The van der Waals surface area contributed by atoms with Crippen LogP contribution in [-0.4, -0.2) is 14.7 Å². The van der Waals surface area contributed by atoms with Gasteiger partial charge in [0.2, 0.25) is 0 Å². The zero-order valence-electron chi connectivity index (χ0n) is 11.1. The van der Waals surface area contributed by atoms with Gasteiger partial charge in [0.25, 0.3) is 0 Å². The summed E-state index contributed by atoms with van der Waals surface area (Å²) in [5.41, 5.74) is 2.89. The minimum absolute atomic E-state index is 0.163. The number of aromatic nitrogens is 3. The van der Waals surface area contributed by atoms with E-state index >= 15 is 0 Å². The van der Waals surface area contributed by atoms with Crippen LogP contribution < -0.4 is 0 Å². The van der Waals surface area contributed by atoms with E-state index in [0.717, 1.165) is 31.9 Å². The molecule has 0 spiro atoms. The van der Waals surface area contributed by atoms with E-state index in [1.54, 1.807) is 0 Å². The quantitative estimate of drug-likeness (QED) is 0.486. The van der Waals surface area contributed by atoms with Crippen LogP contribution >= 0.6 is 34.2 Å². The third-order valence-corrected chi connectivity index (χ3v) is 3.95. The predicted molar refractivity (Wildman–Crippen MR) is 87.1 cm³/mol. The second kappa shape index (κ2) is 5.37. The molecule has 0 fully saturated rings. The summed E-state index contributed by atoms with van der Waals surface area (Å²) in [5, 5.41) is 3.76. The molecule has 1 atom stereocenters. The Hall–Kier alpha value is -1.08. The Morgan fingerprint density at radius 2 is 2.20 bits per heavy atom. The molecular formula is C14H13ClIN3O. The fourth-order valence-electron chi connectivity index (χ4n) is 2.24. The standard InChI is InChI=1S/C14H13ClIN3O/c1-8-5-11(20-18-8)7-19-13-4-3-10(16)6-12(13)17-14(19)9(2)15/h3-6,9H,7H2,1-2H3. The van der Waals surface area contributed by atoms with Crippen LogP contribution in [0.3, 0.4) is 0 Å². The minimum atomic E-state index is -0.163. The lowest BCUT2D eigenvalue weighted by atomic mass is 10.3. The number of rotatable bonds is 3. The summed E-state index contributed by atoms with van der Waals surface area (Å²) >= 11 is 8.54. The van der Waals surface area contributed by atoms with Gasteiger partial charge in [-0.25, -0.2) is 4.98 Å². The Morgan fingerprint density at radius 3 is 2.85 bits per heavy atom. The smallest absolute Gasteiger partial charge is 0.156 e. The van der Waals surface area contributed by atoms with Crippen molar-refractivity contribution in [3.63, 3.8) is 0 Å². The maximum Gasteiger partial charge on any atom is 0.156 e. The van der Waals surface area contributed by atoms with Gasteiger partial charge in [0, 0.05) is 9.64 Å². The molecule has 0 radical (unpaired) electrons. The highest BCUT2D eigenvalue weighted by Crippen LogP contribution is 2.26. The highest BCUT2D eigenvalue weighted by Gasteiger charge is 2.16. The molecule has 0 bridgehead atoms. The van der Waals surface area contributed by atoms with Gasteiger partial charge in [0.05, 0.1) is 28.6 Å². The van der Waals surface area contributed by atoms with Crippen LogP contribution in [0.4, 0.5) is 0 Å². The number of halogens is 2. The van der Waals surface area contributed by atoms with Crippen LogP contribution in [0, 0.1) is 10.5 Å². The van der Waals surface area contributed by atoms with E-state index < -0.39 is 0 Å². The van der Waals surface area contributed by atoms with Crippen LogP contribution in [0.2, 0.25) is 0 Å². The number of fused-ring (bicyclic) bond motifs is 1. The lowest BCUT2D eigenvalue weighted by Gasteiger charge is -2.08. The second-order valence-corrected chi connectivity index (χ2v) is 6.64. The second-order valence-electron chi connectivity index (χ2n) is 4.74. The van der Waals surface area contributed by atoms with Crippen molar-refractivity contribution in [2.75, 3.05) is 0 Å². The van der Waals surface area contributed by atoms with Crippen LogP contribution in [0.15, 0.2) is 28.8 Å². The minimum Gasteiger partial charge on any atom is -0.359 e. The van der Waals surface area contributed by atoms with E-state index in [-0.39, 0.29) is 5.38 Å². The summed E-state index contributed by atoms with van der Waals surface area (Å²) in [6, 6.07) is 8.12. The first-order valence-electron chi connectivity index (χ1n) is 6.26. The first-order valence-corrected chi connectivity index (χ1v) is 7.78. The van der Waals surface area contributed by atoms with E-state index in [4.69, 9.17) is 16.1 Å². The summed E-state index contributed by atoms with van der Waals surface area (Å²) in [6.07, 6.45) is 0. The maximum absolute atomic E-state index is 6.26. The number of alkyl halides is 1. The molecule has 0 aliphatic carbocycles. The number of imidazole rings is 1. The molecule has 0 amide bonds. The van der Waals surface area contributed by atoms with Crippen LogP contribution in [0.1, 0.15) is 29.6 Å².